The highest BCUT2D eigenvalue weighted by molar-refractivity contribution is 7.97. The monoisotopic (exact) mass is 239 g/mol. The zero-order valence-electron chi connectivity index (χ0n) is 8.41. The molecule has 1 fully saturated rings. The molecule has 1 aliphatic heterocycles. The predicted molar refractivity (Wildman–Crippen MR) is 55.0 cm³/mol. The van der Waals surface area contributed by atoms with Crippen LogP contribution >= 0.6 is 11.9 Å². The number of nitrogens with one attached hydrogen (secondary N) is 1. The lowest BCUT2D eigenvalue weighted by Crippen LogP contribution is -2.62. The van der Waals surface area contributed by atoms with E-state index in [4.69, 9.17) is 9.84 Å². The first-order chi connectivity index (χ1) is 7.11. The predicted octanol–water partition coefficient (Wildman–Crippen LogP) is -1.96. The number of rotatable bonds is 4. The normalized spacial score (nSPS) is 41.8. The van der Waals surface area contributed by atoms with Crippen LogP contribution in [0.1, 0.15) is 6.92 Å². The summed E-state index contributed by atoms with van der Waals surface area (Å²) >= 11 is 1.31. The molecule has 0 amide bonds. The molecular formula is C8H17NO5S. The second-order valence-corrected chi connectivity index (χ2v) is 4.41. The van der Waals surface area contributed by atoms with Crippen LogP contribution in [-0.2, 0) is 4.74 Å². The van der Waals surface area contributed by atoms with Gasteiger partial charge in [-0.05, 0) is 0 Å². The maximum absolute atomic E-state index is 9.66. The largest absolute Gasteiger partial charge is 0.394 e. The molecule has 0 aliphatic carbocycles. The van der Waals surface area contributed by atoms with Gasteiger partial charge in [-0.3, -0.25) is 4.72 Å². The van der Waals surface area contributed by atoms with Gasteiger partial charge in [-0.15, -0.1) is 0 Å². The molecule has 0 saturated carbocycles. The van der Waals surface area contributed by atoms with E-state index in [1.807, 2.05) is 6.92 Å². The molecule has 6 nitrogen and oxygen atoms in total. The van der Waals surface area contributed by atoms with Crippen molar-refractivity contribution in [1.29, 1.82) is 0 Å². The van der Waals surface area contributed by atoms with Gasteiger partial charge in [0.25, 0.3) is 0 Å². The zero-order valence-corrected chi connectivity index (χ0v) is 9.22. The molecule has 1 saturated heterocycles. The fraction of sp³-hybridized carbons (Fsp3) is 1.00. The minimum absolute atomic E-state index is 0.442. The Labute approximate surface area is 92.4 Å². The molecular weight excluding hydrogens is 222 g/mol. The molecule has 0 aromatic rings. The van der Waals surface area contributed by atoms with Gasteiger partial charge in [-0.1, -0.05) is 18.9 Å². The summed E-state index contributed by atoms with van der Waals surface area (Å²) in [5, 5.41) is 37.5. The number of aliphatic hydroxyl groups excluding tert-OH is 4. The van der Waals surface area contributed by atoms with E-state index in [0.29, 0.717) is 0 Å². The number of hydrogen-bond acceptors (Lipinski definition) is 7. The molecule has 0 aromatic heterocycles. The minimum Gasteiger partial charge on any atom is -0.394 e. The average Bonchev–Trinajstić information content (AvgIpc) is 2.23. The first-order valence-corrected chi connectivity index (χ1v) is 5.78. The molecule has 1 aliphatic rings. The molecule has 15 heavy (non-hydrogen) atoms. The smallest absolute Gasteiger partial charge is 0.174 e. The molecule has 0 aromatic carbocycles. The Morgan fingerprint density at radius 1 is 1.27 bits per heavy atom. The van der Waals surface area contributed by atoms with Crippen molar-refractivity contribution in [3.63, 3.8) is 0 Å². The molecule has 7 heteroatoms. The zero-order chi connectivity index (χ0) is 11.4. The highest BCUT2D eigenvalue weighted by Crippen LogP contribution is 2.20. The Bertz CT molecular complexity index is 196. The molecule has 0 spiro atoms. The maximum atomic E-state index is 9.66. The van der Waals surface area contributed by atoms with Gasteiger partial charge in [-0.25, -0.2) is 0 Å². The third kappa shape index (κ3) is 3.04. The molecule has 0 bridgehead atoms. The lowest BCUT2D eigenvalue weighted by atomic mass is 9.98. The molecule has 1 unspecified atom stereocenters. The first kappa shape index (κ1) is 13.2. The van der Waals surface area contributed by atoms with E-state index >= 15 is 0 Å². The van der Waals surface area contributed by atoms with Gasteiger partial charge < -0.3 is 25.2 Å². The fourth-order valence-corrected chi connectivity index (χ4v) is 2.02. The van der Waals surface area contributed by atoms with Crippen molar-refractivity contribution in [2.45, 2.75) is 37.6 Å². The Kier molecular flexibility index (Phi) is 5.27. The molecule has 1 rings (SSSR count). The quantitative estimate of drug-likeness (QED) is 0.363. The molecule has 0 radical (unpaired) electrons. The lowest BCUT2D eigenvalue weighted by molar-refractivity contribution is -0.251. The fourth-order valence-electron chi connectivity index (χ4n) is 1.40. The summed E-state index contributed by atoms with van der Waals surface area (Å²) in [6.45, 7) is 1.47. The summed E-state index contributed by atoms with van der Waals surface area (Å²) in [4.78, 5) is 0. The number of hydrogen-bond donors (Lipinski definition) is 5. The Morgan fingerprint density at radius 3 is 2.47 bits per heavy atom. The molecule has 1 heterocycles. The van der Waals surface area contributed by atoms with Crippen molar-refractivity contribution in [3.05, 3.63) is 0 Å². The first-order valence-electron chi connectivity index (χ1n) is 4.79. The summed E-state index contributed by atoms with van der Waals surface area (Å²) in [6, 6.07) is -0.757. The van der Waals surface area contributed by atoms with Gasteiger partial charge in [0, 0.05) is 5.75 Å². The highest BCUT2D eigenvalue weighted by atomic mass is 32.2. The van der Waals surface area contributed by atoms with Crippen LogP contribution in [0.2, 0.25) is 0 Å². The van der Waals surface area contributed by atoms with Crippen LogP contribution in [0.4, 0.5) is 0 Å². The summed E-state index contributed by atoms with van der Waals surface area (Å²) in [5.41, 5.74) is 0. The summed E-state index contributed by atoms with van der Waals surface area (Å²) in [6.07, 6.45) is -4.54. The van der Waals surface area contributed by atoms with E-state index in [2.05, 4.69) is 4.72 Å². The van der Waals surface area contributed by atoms with Gasteiger partial charge in [0.15, 0.2) is 6.29 Å². The van der Waals surface area contributed by atoms with Crippen LogP contribution in [0.5, 0.6) is 0 Å². The standard InChI is InChI=1S/C8H17NO5S/c1-2-15-9-5-7(12)6(11)4(3-10)14-8(5)13/h4-13H,2-3H2,1H3/t4-,5-,6+,7-,8?/m1/s1. The van der Waals surface area contributed by atoms with E-state index in [0.717, 1.165) is 5.75 Å². The van der Waals surface area contributed by atoms with Gasteiger partial charge in [0.2, 0.25) is 0 Å². The van der Waals surface area contributed by atoms with Crippen molar-refractivity contribution < 1.29 is 25.2 Å². The van der Waals surface area contributed by atoms with Gasteiger partial charge in [0.1, 0.15) is 18.3 Å². The molecule has 5 atom stereocenters. The molecule has 5 N–H and O–H groups in total. The Balaban J connectivity index is 2.58. The van der Waals surface area contributed by atoms with Crippen molar-refractivity contribution in [3.8, 4) is 0 Å². The molecule has 90 valence electrons. The van der Waals surface area contributed by atoms with Crippen LogP contribution in [-0.4, -0.2) is 63.4 Å². The third-order valence-electron chi connectivity index (χ3n) is 2.26. The Hall–Kier alpha value is 0.110. The highest BCUT2D eigenvalue weighted by Gasteiger charge is 2.43. The second-order valence-electron chi connectivity index (χ2n) is 3.31. The van der Waals surface area contributed by atoms with E-state index in [9.17, 15) is 15.3 Å². The van der Waals surface area contributed by atoms with Crippen molar-refractivity contribution in [2.24, 2.45) is 0 Å². The third-order valence-corrected chi connectivity index (χ3v) is 2.99. The number of aliphatic hydroxyl groups is 4. The summed E-state index contributed by atoms with van der Waals surface area (Å²) < 4.78 is 7.74. The topological polar surface area (TPSA) is 102 Å². The van der Waals surface area contributed by atoms with E-state index in [1.54, 1.807) is 0 Å². The summed E-state index contributed by atoms with van der Waals surface area (Å²) in [7, 11) is 0. The van der Waals surface area contributed by atoms with E-state index in [-0.39, 0.29) is 0 Å². The van der Waals surface area contributed by atoms with Crippen molar-refractivity contribution in [2.75, 3.05) is 12.4 Å². The SMILES string of the molecule is CCSN[C@H]1C(O)O[C@H](CO)[C@H](O)[C@@H]1O. The van der Waals surface area contributed by atoms with E-state index < -0.39 is 37.3 Å². The van der Waals surface area contributed by atoms with Crippen LogP contribution < -0.4 is 4.72 Å². The average molecular weight is 239 g/mol. The van der Waals surface area contributed by atoms with Gasteiger partial charge in [-0.2, -0.15) is 0 Å². The van der Waals surface area contributed by atoms with Crippen molar-refractivity contribution in [1.82, 2.24) is 4.72 Å². The lowest BCUT2D eigenvalue weighted by Gasteiger charge is -2.40. The van der Waals surface area contributed by atoms with Crippen LogP contribution in [0.25, 0.3) is 0 Å². The van der Waals surface area contributed by atoms with Crippen LogP contribution in [0, 0.1) is 0 Å². The van der Waals surface area contributed by atoms with Crippen LogP contribution in [0.3, 0.4) is 0 Å². The minimum atomic E-state index is -1.24. The van der Waals surface area contributed by atoms with Gasteiger partial charge >= 0.3 is 0 Å². The summed E-state index contributed by atoms with van der Waals surface area (Å²) in [5.74, 6) is 0.759. The maximum Gasteiger partial charge on any atom is 0.174 e. The van der Waals surface area contributed by atoms with Crippen LogP contribution in [0.15, 0.2) is 0 Å². The number of ether oxygens (including phenoxy) is 1. The Morgan fingerprint density at radius 2 is 1.93 bits per heavy atom. The van der Waals surface area contributed by atoms with Crippen molar-refractivity contribution >= 4 is 11.9 Å². The van der Waals surface area contributed by atoms with Gasteiger partial charge in [0.05, 0.1) is 12.6 Å². The van der Waals surface area contributed by atoms with E-state index in [1.165, 1.54) is 11.9 Å². The second kappa shape index (κ2) is 6.00.